The standard InChI is InChI=1S/C30H36N2O4/c1-30(2,3)31-29(34)27(19-22-10-7-6-8-11-22)32(21-24-12-9-13-26(18-24)36-5)28(33)20-23-14-16-25(35-4)17-15-23/h6-18,27H,19-21H2,1-5H3,(H,31,34)/t27-/m1/s1. The summed E-state index contributed by atoms with van der Waals surface area (Å²) in [5.74, 6) is 1.12. The molecular weight excluding hydrogens is 452 g/mol. The first kappa shape index (κ1) is 26.8. The molecule has 0 saturated carbocycles. The molecule has 0 spiro atoms. The van der Waals surface area contributed by atoms with E-state index in [4.69, 9.17) is 9.47 Å². The van der Waals surface area contributed by atoms with Crippen molar-refractivity contribution in [3.8, 4) is 11.5 Å². The van der Waals surface area contributed by atoms with Crippen molar-refractivity contribution in [3.05, 3.63) is 95.6 Å². The maximum absolute atomic E-state index is 13.8. The Morgan fingerprint density at radius 1 is 0.806 bits per heavy atom. The number of carbonyl (C=O) groups excluding carboxylic acids is 2. The molecule has 0 saturated heterocycles. The van der Waals surface area contributed by atoms with Crippen LogP contribution in [0.5, 0.6) is 11.5 Å². The van der Waals surface area contributed by atoms with Crippen molar-refractivity contribution in [2.24, 2.45) is 0 Å². The number of nitrogens with one attached hydrogen (secondary N) is 1. The molecule has 1 atom stereocenters. The number of methoxy groups -OCH3 is 2. The number of rotatable bonds is 10. The minimum absolute atomic E-state index is 0.132. The van der Waals surface area contributed by atoms with Crippen molar-refractivity contribution in [2.45, 2.75) is 51.7 Å². The summed E-state index contributed by atoms with van der Waals surface area (Å²) >= 11 is 0. The van der Waals surface area contributed by atoms with Crippen LogP contribution >= 0.6 is 0 Å². The maximum atomic E-state index is 13.8. The van der Waals surface area contributed by atoms with Crippen molar-refractivity contribution in [1.29, 1.82) is 0 Å². The van der Waals surface area contributed by atoms with E-state index in [9.17, 15) is 9.59 Å². The highest BCUT2D eigenvalue weighted by Crippen LogP contribution is 2.21. The molecule has 3 aromatic carbocycles. The van der Waals surface area contributed by atoms with E-state index in [1.807, 2.05) is 99.6 Å². The molecule has 0 aliphatic heterocycles. The zero-order valence-corrected chi connectivity index (χ0v) is 21.8. The van der Waals surface area contributed by atoms with Gasteiger partial charge in [-0.1, -0.05) is 54.6 Å². The highest BCUT2D eigenvalue weighted by molar-refractivity contribution is 5.89. The highest BCUT2D eigenvalue weighted by atomic mass is 16.5. The molecule has 3 rings (SSSR count). The molecule has 0 bridgehead atoms. The summed E-state index contributed by atoms with van der Waals surface area (Å²) < 4.78 is 10.6. The second-order valence-corrected chi connectivity index (χ2v) is 9.84. The lowest BCUT2D eigenvalue weighted by molar-refractivity contribution is -0.141. The number of carbonyl (C=O) groups is 2. The molecule has 0 fully saturated rings. The lowest BCUT2D eigenvalue weighted by Gasteiger charge is -2.34. The summed E-state index contributed by atoms with van der Waals surface area (Å²) in [5.41, 5.74) is 2.29. The third-order valence-electron chi connectivity index (χ3n) is 5.77. The topological polar surface area (TPSA) is 67.9 Å². The van der Waals surface area contributed by atoms with E-state index in [0.717, 1.165) is 22.4 Å². The van der Waals surface area contributed by atoms with E-state index >= 15 is 0 Å². The zero-order chi connectivity index (χ0) is 26.1. The van der Waals surface area contributed by atoms with Gasteiger partial charge in [0.2, 0.25) is 11.8 Å². The van der Waals surface area contributed by atoms with E-state index in [1.165, 1.54) is 0 Å². The lowest BCUT2D eigenvalue weighted by Crippen LogP contribution is -2.54. The van der Waals surface area contributed by atoms with Gasteiger partial charge in [0.05, 0.1) is 20.6 Å². The maximum Gasteiger partial charge on any atom is 0.243 e. The Hall–Kier alpha value is -3.80. The fourth-order valence-corrected chi connectivity index (χ4v) is 3.99. The molecule has 190 valence electrons. The molecule has 6 heteroatoms. The van der Waals surface area contributed by atoms with Gasteiger partial charge in [-0.3, -0.25) is 9.59 Å². The van der Waals surface area contributed by atoms with Crippen LogP contribution in [-0.2, 0) is 29.0 Å². The summed E-state index contributed by atoms with van der Waals surface area (Å²) in [6, 6.07) is 24.1. The Morgan fingerprint density at radius 3 is 2.06 bits per heavy atom. The normalized spacial score (nSPS) is 11.9. The predicted molar refractivity (Wildman–Crippen MR) is 142 cm³/mol. The molecule has 0 aliphatic rings. The van der Waals surface area contributed by atoms with Gasteiger partial charge < -0.3 is 19.7 Å². The van der Waals surface area contributed by atoms with Crippen LogP contribution in [0.3, 0.4) is 0 Å². The van der Waals surface area contributed by atoms with E-state index < -0.39 is 11.6 Å². The number of hydrogen-bond donors (Lipinski definition) is 1. The first-order valence-electron chi connectivity index (χ1n) is 12.1. The fraction of sp³-hybridized carbons (Fsp3) is 0.333. The minimum Gasteiger partial charge on any atom is -0.497 e. The molecule has 0 unspecified atom stereocenters. The van der Waals surface area contributed by atoms with Crippen LogP contribution in [0.1, 0.15) is 37.5 Å². The van der Waals surface area contributed by atoms with Crippen molar-refractivity contribution < 1.29 is 19.1 Å². The summed E-state index contributed by atoms with van der Waals surface area (Å²) in [7, 11) is 3.22. The monoisotopic (exact) mass is 488 g/mol. The summed E-state index contributed by atoms with van der Waals surface area (Å²) in [6.07, 6.45) is 0.573. The van der Waals surface area contributed by atoms with E-state index in [1.54, 1.807) is 19.1 Å². The van der Waals surface area contributed by atoms with Crippen molar-refractivity contribution in [1.82, 2.24) is 10.2 Å². The summed E-state index contributed by atoms with van der Waals surface area (Å²) in [6.45, 7) is 6.10. The average molecular weight is 489 g/mol. The number of hydrogen-bond acceptors (Lipinski definition) is 4. The molecule has 3 aromatic rings. The third kappa shape index (κ3) is 7.87. The molecule has 0 radical (unpaired) electrons. The first-order chi connectivity index (χ1) is 17.2. The predicted octanol–water partition coefficient (Wildman–Crippen LogP) is 4.80. The van der Waals surface area contributed by atoms with Crippen LogP contribution in [-0.4, -0.2) is 42.5 Å². The molecule has 1 N–H and O–H groups in total. The molecule has 36 heavy (non-hydrogen) atoms. The molecular formula is C30H36N2O4. The summed E-state index contributed by atoms with van der Waals surface area (Å²) in [5, 5.41) is 3.09. The van der Waals surface area contributed by atoms with Gasteiger partial charge in [0.15, 0.2) is 0 Å². The largest absolute Gasteiger partial charge is 0.497 e. The zero-order valence-electron chi connectivity index (χ0n) is 21.8. The smallest absolute Gasteiger partial charge is 0.243 e. The Kier molecular flexibility index (Phi) is 9.12. The Bertz CT molecular complexity index is 1140. The van der Waals surface area contributed by atoms with Crippen LogP contribution < -0.4 is 14.8 Å². The van der Waals surface area contributed by atoms with Gasteiger partial charge in [-0.05, 0) is 61.7 Å². The lowest BCUT2D eigenvalue weighted by atomic mass is 9.99. The molecule has 0 aliphatic carbocycles. The van der Waals surface area contributed by atoms with Gasteiger partial charge in [0.25, 0.3) is 0 Å². The number of amides is 2. The van der Waals surface area contributed by atoms with Gasteiger partial charge >= 0.3 is 0 Å². The second-order valence-electron chi connectivity index (χ2n) is 9.84. The van der Waals surface area contributed by atoms with Crippen molar-refractivity contribution in [2.75, 3.05) is 14.2 Å². The van der Waals surface area contributed by atoms with Gasteiger partial charge in [-0.15, -0.1) is 0 Å². The average Bonchev–Trinajstić information content (AvgIpc) is 2.86. The van der Waals surface area contributed by atoms with E-state index in [-0.39, 0.29) is 24.8 Å². The van der Waals surface area contributed by atoms with Crippen molar-refractivity contribution >= 4 is 11.8 Å². The van der Waals surface area contributed by atoms with Gasteiger partial charge in [0, 0.05) is 18.5 Å². The Labute approximate surface area is 214 Å². The third-order valence-corrected chi connectivity index (χ3v) is 5.77. The first-order valence-corrected chi connectivity index (χ1v) is 12.1. The van der Waals surface area contributed by atoms with E-state index in [0.29, 0.717) is 12.2 Å². The second kappa shape index (κ2) is 12.2. The van der Waals surface area contributed by atoms with Gasteiger partial charge in [-0.2, -0.15) is 0 Å². The molecule has 0 aromatic heterocycles. The SMILES string of the molecule is COc1ccc(CC(=O)N(Cc2cccc(OC)c2)[C@H](Cc2ccccc2)C(=O)NC(C)(C)C)cc1. The molecule has 2 amide bonds. The number of ether oxygens (including phenoxy) is 2. The Morgan fingerprint density at radius 2 is 1.44 bits per heavy atom. The molecule has 6 nitrogen and oxygen atoms in total. The van der Waals surface area contributed by atoms with Crippen LogP contribution in [0.4, 0.5) is 0 Å². The number of benzene rings is 3. The Balaban J connectivity index is 1.98. The highest BCUT2D eigenvalue weighted by Gasteiger charge is 2.32. The van der Waals surface area contributed by atoms with Crippen LogP contribution in [0.2, 0.25) is 0 Å². The van der Waals surface area contributed by atoms with Crippen LogP contribution in [0.25, 0.3) is 0 Å². The molecule has 0 heterocycles. The fourth-order valence-electron chi connectivity index (χ4n) is 3.99. The number of nitrogens with zero attached hydrogens (tertiary/aromatic N) is 1. The quantitative estimate of drug-likeness (QED) is 0.445. The van der Waals surface area contributed by atoms with Crippen LogP contribution in [0.15, 0.2) is 78.9 Å². The van der Waals surface area contributed by atoms with Crippen molar-refractivity contribution in [3.63, 3.8) is 0 Å². The van der Waals surface area contributed by atoms with Crippen LogP contribution in [0, 0.1) is 0 Å². The van der Waals surface area contributed by atoms with Gasteiger partial charge in [0.1, 0.15) is 17.5 Å². The van der Waals surface area contributed by atoms with Gasteiger partial charge in [-0.25, -0.2) is 0 Å². The van der Waals surface area contributed by atoms with E-state index in [2.05, 4.69) is 5.32 Å². The summed E-state index contributed by atoms with van der Waals surface area (Å²) in [4.78, 5) is 29.1. The minimum atomic E-state index is -0.691.